The number of aromatic nitrogens is 2. The van der Waals surface area contributed by atoms with Gasteiger partial charge in [0, 0.05) is 12.5 Å². The first-order valence-corrected chi connectivity index (χ1v) is 8.99. The molecule has 1 aliphatic carbocycles. The Morgan fingerprint density at radius 2 is 2.12 bits per heavy atom. The molecular formula is C19H17N3O2S. The van der Waals surface area contributed by atoms with Crippen LogP contribution in [-0.2, 0) is 24.2 Å². The van der Waals surface area contributed by atoms with Crippen molar-refractivity contribution in [3.8, 4) is 21.8 Å². The Hall–Kier alpha value is -2.57. The molecule has 2 heterocycles. The molecule has 0 aliphatic heterocycles. The first kappa shape index (κ1) is 15.9. The molecule has 4 rings (SSSR count). The quantitative estimate of drug-likeness (QED) is 0.758. The molecule has 5 nitrogen and oxygen atoms in total. The average Bonchev–Trinajstić information content (AvgIpc) is 3.14. The van der Waals surface area contributed by atoms with E-state index >= 15 is 0 Å². The molecule has 0 saturated carbocycles. The largest absolute Gasteiger partial charge is 0.392 e. The Kier molecular flexibility index (Phi) is 4.07. The van der Waals surface area contributed by atoms with Crippen LogP contribution >= 0.6 is 11.3 Å². The van der Waals surface area contributed by atoms with Gasteiger partial charge in [-0.1, -0.05) is 24.3 Å². The summed E-state index contributed by atoms with van der Waals surface area (Å²) in [5, 5.41) is 14.2. The van der Waals surface area contributed by atoms with Crippen molar-refractivity contribution >= 4 is 23.1 Å². The number of anilines is 1. The molecule has 1 amide bonds. The third-order valence-corrected chi connectivity index (χ3v) is 5.13. The lowest BCUT2D eigenvalue weighted by Gasteiger charge is -2.21. The molecule has 6 heteroatoms. The minimum absolute atomic E-state index is 0.0354. The molecule has 0 unspecified atom stereocenters. The molecule has 2 aromatic heterocycles. The molecule has 126 valence electrons. The minimum Gasteiger partial charge on any atom is -0.392 e. The number of thiophene rings is 1. The number of carbonyl (C=O) groups excluding carboxylic acids is 1. The molecule has 0 bridgehead atoms. The summed E-state index contributed by atoms with van der Waals surface area (Å²) in [6.07, 6.45) is 1.62. The number of aliphatic hydroxyl groups excluding tert-OH is 1. The summed E-state index contributed by atoms with van der Waals surface area (Å²) < 4.78 is 0. The number of carbonyl (C=O) groups is 1. The summed E-state index contributed by atoms with van der Waals surface area (Å²) in [5.74, 6) is 0.361. The lowest BCUT2D eigenvalue weighted by atomic mass is 9.90. The van der Waals surface area contributed by atoms with E-state index in [1.54, 1.807) is 11.3 Å². The summed E-state index contributed by atoms with van der Waals surface area (Å²) in [7, 11) is 0. The lowest BCUT2D eigenvalue weighted by Crippen LogP contribution is -2.15. The zero-order chi connectivity index (χ0) is 17.4. The van der Waals surface area contributed by atoms with Gasteiger partial charge in [0.1, 0.15) is 5.69 Å². The van der Waals surface area contributed by atoms with Gasteiger partial charge in [-0.25, -0.2) is 9.97 Å². The number of aliphatic hydroxyl groups is 1. The van der Waals surface area contributed by atoms with Crippen molar-refractivity contribution in [3.05, 3.63) is 52.5 Å². The van der Waals surface area contributed by atoms with Gasteiger partial charge in [0.05, 0.1) is 22.9 Å². The van der Waals surface area contributed by atoms with Crippen LogP contribution in [0.1, 0.15) is 23.7 Å². The highest BCUT2D eigenvalue weighted by molar-refractivity contribution is 7.13. The van der Waals surface area contributed by atoms with Gasteiger partial charge in [-0.05, 0) is 35.4 Å². The van der Waals surface area contributed by atoms with Crippen LogP contribution in [0.5, 0.6) is 0 Å². The Morgan fingerprint density at radius 3 is 2.84 bits per heavy atom. The average molecular weight is 351 g/mol. The first-order chi connectivity index (χ1) is 12.2. The maximum Gasteiger partial charge on any atom is 0.222 e. The second kappa shape index (κ2) is 6.38. The van der Waals surface area contributed by atoms with Crippen molar-refractivity contribution in [1.29, 1.82) is 0 Å². The van der Waals surface area contributed by atoms with E-state index in [1.165, 1.54) is 12.5 Å². The normalized spacial score (nSPS) is 12.4. The Bertz CT molecular complexity index is 952. The topological polar surface area (TPSA) is 75.1 Å². The zero-order valence-corrected chi connectivity index (χ0v) is 14.6. The number of amides is 1. The van der Waals surface area contributed by atoms with Crippen molar-refractivity contribution in [2.75, 3.05) is 5.32 Å². The Labute approximate surface area is 149 Å². The van der Waals surface area contributed by atoms with Crippen molar-refractivity contribution in [1.82, 2.24) is 9.97 Å². The third-order valence-electron chi connectivity index (χ3n) is 4.26. The van der Waals surface area contributed by atoms with Crippen molar-refractivity contribution in [3.63, 3.8) is 0 Å². The van der Waals surface area contributed by atoms with Gasteiger partial charge in [0.25, 0.3) is 0 Å². The fourth-order valence-electron chi connectivity index (χ4n) is 3.14. The number of fused-ring (bicyclic) bond motifs is 3. The van der Waals surface area contributed by atoms with E-state index in [2.05, 4.69) is 5.32 Å². The highest BCUT2D eigenvalue weighted by atomic mass is 32.1. The number of nitrogens with one attached hydrogen (secondary N) is 1. The van der Waals surface area contributed by atoms with Crippen molar-refractivity contribution in [2.24, 2.45) is 0 Å². The smallest absolute Gasteiger partial charge is 0.222 e. The number of benzene rings is 1. The molecule has 1 aliphatic rings. The number of hydrogen-bond acceptors (Lipinski definition) is 5. The highest BCUT2D eigenvalue weighted by Crippen LogP contribution is 2.37. The predicted octanol–water partition coefficient (Wildman–Crippen LogP) is 3.42. The maximum atomic E-state index is 11.6. The standard InChI is InChI=1S/C19H17N3O2S/c1-11(24)20-19-18(16-3-2-8-25-16)22-17-14-6-4-12(10-23)9-13(14)5-7-15(17)21-19/h2-4,6,8-9,23H,5,7,10H2,1H3,(H,20,21,24). The molecule has 2 N–H and O–H groups in total. The molecule has 0 spiro atoms. The van der Waals surface area contributed by atoms with Crippen LogP contribution in [0.4, 0.5) is 5.82 Å². The molecular weight excluding hydrogens is 334 g/mol. The number of rotatable bonds is 3. The Balaban J connectivity index is 1.90. The van der Waals surface area contributed by atoms with E-state index in [9.17, 15) is 9.90 Å². The van der Waals surface area contributed by atoms with E-state index in [0.717, 1.165) is 40.2 Å². The summed E-state index contributed by atoms with van der Waals surface area (Å²) in [6, 6.07) is 9.89. The zero-order valence-electron chi connectivity index (χ0n) is 13.7. The van der Waals surface area contributed by atoms with Gasteiger partial charge in [-0.3, -0.25) is 4.79 Å². The maximum absolute atomic E-state index is 11.6. The van der Waals surface area contributed by atoms with Crippen LogP contribution in [-0.4, -0.2) is 21.0 Å². The second-order valence-electron chi connectivity index (χ2n) is 6.02. The highest BCUT2D eigenvalue weighted by Gasteiger charge is 2.23. The molecule has 0 radical (unpaired) electrons. The summed E-state index contributed by atoms with van der Waals surface area (Å²) >= 11 is 1.57. The van der Waals surface area contributed by atoms with Crippen LogP contribution in [0.2, 0.25) is 0 Å². The third kappa shape index (κ3) is 2.94. The van der Waals surface area contributed by atoms with Crippen LogP contribution in [0.15, 0.2) is 35.7 Å². The SMILES string of the molecule is CC(=O)Nc1nc2c(nc1-c1cccs1)-c1ccc(CO)cc1CC2. The van der Waals surface area contributed by atoms with Gasteiger partial charge in [-0.2, -0.15) is 0 Å². The van der Waals surface area contributed by atoms with Crippen molar-refractivity contribution < 1.29 is 9.90 Å². The summed E-state index contributed by atoms with van der Waals surface area (Å²) in [4.78, 5) is 22.1. The predicted molar refractivity (Wildman–Crippen MR) is 98.4 cm³/mol. The number of hydrogen-bond donors (Lipinski definition) is 2. The summed E-state index contributed by atoms with van der Waals surface area (Å²) in [6.45, 7) is 1.51. The number of aryl methyl sites for hydroxylation is 2. The van der Waals surface area contributed by atoms with E-state index < -0.39 is 0 Å². The van der Waals surface area contributed by atoms with Crippen LogP contribution in [0.25, 0.3) is 21.8 Å². The monoisotopic (exact) mass is 351 g/mol. The van der Waals surface area contributed by atoms with Gasteiger partial charge in [0.2, 0.25) is 5.91 Å². The molecule has 0 fully saturated rings. The van der Waals surface area contributed by atoms with Crippen molar-refractivity contribution in [2.45, 2.75) is 26.4 Å². The van der Waals surface area contributed by atoms with Crippen LogP contribution < -0.4 is 5.32 Å². The van der Waals surface area contributed by atoms with E-state index in [0.29, 0.717) is 11.5 Å². The Morgan fingerprint density at radius 1 is 1.24 bits per heavy atom. The molecule has 0 saturated heterocycles. The van der Waals surface area contributed by atoms with Gasteiger partial charge >= 0.3 is 0 Å². The summed E-state index contributed by atoms with van der Waals surface area (Å²) in [5.41, 5.74) is 5.60. The minimum atomic E-state index is -0.157. The molecule has 1 aromatic carbocycles. The van der Waals surface area contributed by atoms with E-state index in [1.807, 2.05) is 35.7 Å². The fraction of sp³-hybridized carbons (Fsp3) is 0.211. The molecule has 0 atom stereocenters. The van der Waals surface area contributed by atoms with Crippen LogP contribution in [0, 0.1) is 0 Å². The van der Waals surface area contributed by atoms with Crippen LogP contribution in [0.3, 0.4) is 0 Å². The fourth-order valence-corrected chi connectivity index (χ4v) is 3.85. The van der Waals surface area contributed by atoms with Gasteiger partial charge in [-0.15, -0.1) is 11.3 Å². The van der Waals surface area contributed by atoms with Gasteiger partial charge < -0.3 is 10.4 Å². The molecule has 3 aromatic rings. The first-order valence-electron chi connectivity index (χ1n) is 8.11. The van der Waals surface area contributed by atoms with Gasteiger partial charge in [0.15, 0.2) is 5.82 Å². The number of nitrogens with zero attached hydrogens (tertiary/aromatic N) is 2. The lowest BCUT2D eigenvalue weighted by molar-refractivity contribution is -0.114. The van der Waals surface area contributed by atoms with E-state index in [-0.39, 0.29) is 12.5 Å². The van der Waals surface area contributed by atoms with E-state index in [4.69, 9.17) is 9.97 Å². The molecule has 25 heavy (non-hydrogen) atoms. The second-order valence-corrected chi connectivity index (χ2v) is 6.97.